The summed E-state index contributed by atoms with van der Waals surface area (Å²) < 4.78 is 22.1. The lowest BCUT2D eigenvalue weighted by Crippen LogP contribution is -2.45. The molecule has 4 N–H and O–H groups in total. The van der Waals surface area contributed by atoms with Crippen LogP contribution < -0.4 is 11.1 Å². The molecule has 0 fully saturated rings. The number of alkyl carbamates (subject to hydrolysis) is 1. The zero-order chi connectivity index (χ0) is 22.6. The van der Waals surface area contributed by atoms with Gasteiger partial charge in [-0.15, -0.1) is 0 Å². The van der Waals surface area contributed by atoms with E-state index in [1.807, 2.05) is 27.7 Å². The van der Waals surface area contributed by atoms with E-state index >= 15 is 0 Å². The molecule has 0 radical (unpaired) electrons. The standard InChI is InChI=1S/C20H37FN2O6/c1-13(2)15(22)18(26)29-20(4,5)10-8-6-7-9-14(3)16(17(24)25)23-19(27)28-12-11-21/h13-16H,6-12,22H2,1-5H3,(H,23,27)(H,24,25)/t14?,15-,16?/m0/s1. The molecule has 0 aromatic rings. The Balaban J connectivity index is 4.31. The number of amides is 1. The second-order valence-corrected chi connectivity index (χ2v) is 8.31. The van der Waals surface area contributed by atoms with Gasteiger partial charge < -0.3 is 25.6 Å². The van der Waals surface area contributed by atoms with Crippen LogP contribution in [0.1, 0.15) is 66.7 Å². The third-order valence-corrected chi connectivity index (χ3v) is 4.72. The molecular formula is C20H37FN2O6. The molecule has 0 saturated heterocycles. The topological polar surface area (TPSA) is 128 Å². The number of carboxylic acids is 1. The van der Waals surface area contributed by atoms with E-state index in [1.54, 1.807) is 6.92 Å². The molecular weight excluding hydrogens is 383 g/mol. The van der Waals surface area contributed by atoms with E-state index in [4.69, 9.17) is 10.5 Å². The van der Waals surface area contributed by atoms with Gasteiger partial charge in [-0.2, -0.15) is 0 Å². The van der Waals surface area contributed by atoms with Crippen LogP contribution in [0.15, 0.2) is 0 Å². The molecule has 170 valence electrons. The van der Waals surface area contributed by atoms with Crippen LogP contribution in [-0.4, -0.2) is 54.1 Å². The molecule has 0 aliphatic rings. The Morgan fingerprint density at radius 1 is 1.14 bits per heavy atom. The van der Waals surface area contributed by atoms with Gasteiger partial charge >= 0.3 is 18.0 Å². The van der Waals surface area contributed by atoms with Crippen molar-refractivity contribution < 1.29 is 33.4 Å². The number of ether oxygens (including phenoxy) is 2. The molecule has 0 bridgehead atoms. The lowest BCUT2D eigenvalue weighted by atomic mass is 9.93. The van der Waals surface area contributed by atoms with Crippen LogP contribution >= 0.6 is 0 Å². The molecule has 0 aromatic heterocycles. The Morgan fingerprint density at radius 2 is 1.76 bits per heavy atom. The van der Waals surface area contributed by atoms with Crippen molar-refractivity contribution in [2.24, 2.45) is 17.6 Å². The number of aliphatic carboxylic acids is 1. The van der Waals surface area contributed by atoms with Gasteiger partial charge in [0, 0.05) is 0 Å². The van der Waals surface area contributed by atoms with E-state index in [9.17, 15) is 23.9 Å². The van der Waals surface area contributed by atoms with E-state index in [-0.39, 0.29) is 11.8 Å². The Morgan fingerprint density at radius 3 is 2.28 bits per heavy atom. The average Bonchev–Trinajstić information content (AvgIpc) is 2.62. The summed E-state index contributed by atoms with van der Waals surface area (Å²) in [7, 11) is 0. The molecule has 0 aliphatic carbocycles. The highest BCUT2D eigenvalue weighted by Gasteiger charge is 2.28. The largest absolute Gasteiger partial charge is 0.480 e. The van der Waals surface area contributed by atoms with Gasteiger partial charge in [0.1, 0.15) is 31.0 Å². The SMILES string of the molecule is CC(CCCCCC(C)(C)OC(=O)[C@@H](N)C(C)C)C(NC(=O)OCCF)C(=O)O. The minimum atomic E-state index is -1.16. The van der Waals surface area contributed by atoms with Crippen molar-refractivity contribution in [1.82, 2.24) is 5.32 Å². The third kappa shape index (κ3) is 11.6. The summed E-state index contributed by atoms with van der Waals surface area (Å²) in [6.07, 6.45) is 2.67. The minimum Gasteiger partial charge on any atom is -0.480 e. The Hall–Kier alpha value is -1.90. The first-order chi connectivity index (χ1) is 13.4. The lowest BCUT2D eigenvalue weighted by Gasteiger charge is -2.28. The fraction of sp³-hybridized carbons (Fsp3) is 0.850. The Labute approximate surface area is 172 Å². The molecule has 0 heterocycles. The molecule has 0 saturated carbocycles. The summed E-state index contributed by atoms with van der Waals surface area (Å²) in [5.41, 5.74) is 5.19. The zero-order valence-electron chi connectivity index (χ0n) is 18.2. The molecule has 0 aliphatic heterocycles. The van der Waals surface area contributed by atoms with Crippen LogP contribution in [0, 0.1) is 11.8 Å². The number of hydrogen-bond acceptors (Lipinski definition) is 6. The highest BCUT2D eigenvalue weighted by Crippen LogP contribution is 2.22. The number of nitrogens with two attached hydrogens (primary N) is 1. The second kappa shape index (κ2) is 13.3. The molecule has 3 atom stereocenters. The molecule has 9 heteroatoms. The van der Waals surface area contributed by atoms with Crippen molar-refractivity contribution in [2.75, 3.05) is 13.3 Å². The number of carbonyl (C=O) groups excluding carboxylic acids is 2. The average molecular weight is 421 g/mol. The van der Waals surface area contributed by atoms with Gasteiger partial charge in [0.15, 0.2) is 0 Å². The van der Waals surface area contributed by atoms with Crippen molar-refractivity contribution >= 4 is 18.0 Å². The quantitative estimate of drug-likeness (QED) is 0.291. The first-order valence-electron chi connectivity index (χ1n) is 10.1. The number of hydrogen-bond donors (Lipinski definition) is 3. The van der Waals surface area contributed by atoms with Gasteiger partial charge in [-0.25, -0.2) is 14.0 Å². The number of unbranched alkanes of at least 4 members (excludes halogenated alkanes) is 2. The smallest absolute Gasteiger partial charge is 0.407 e. The lowest BCUT2D eigenvalue weighted by molar-refractivity contribution is -0.159. The normalized spacial score (nSPS) is 14.8. The number of alkyl halides is 1. The molecule has 0 spiro atoms. The maximum Gasteiger partial charge on any atom is 0.407 e. The highest BCUT2D eigenvalue weighted by atomic mass is 19.1. The van der Waals surface area contributed by atoms with Crippen molar-refractivity contribution in [3.8, 4) is 0 Å². The fourth-order valence-electron chi connectivity index (χ4n) is 2.77. The number of esters is 1. The minimum absolute atomic E-state index is 0.00447. The van der Waals surface area contributed by atoms with Gasteiger partial charge in [-0.3, -0.25) is 4.79 Å². The molecule has 8 nitrogen and oxygen atoms in total. The number of rotatable bonds is 14. The van der Waals surface area contributed by atoms with E-state index in [1.165, 1.54) is 0 Å². The van der Waals surface area contributed by atoms with Crippen LogP contribution in [0.25, 0.3) is 0 Å². The van der Waals surface area contributed by atoms with Crippen LogP contribution in [0.3, 0.4) is 0 Å². The maximum absolute atomic E-state index is 12.0. The summed E-state index contributed by atoms with van der Waals surface area (Å²) in [6, 6.07) is -1.75. The molecule has 0 rings (SSSR count). The van der Waals surface area contributed by atoms with E-state index in [2.05, 4.69) is 10.1 Å². The summed E-state index contributed by atoms with van der Waals surface area (Å²) in [5, 5.41) is 11.6. The molecule has 0 aromatic carbocycles. The maximum atomic E-state index is 12.0. The first-order valence-corrected chi connectivity index (χ1v) is 10.1. The number of halogens is 1. The van der Waals surface area contributed by atoms with Crippen molar-refractivity contribution in [1.29, 1.82) is 0 Å². The van der Waals surface area contributed by atoms with E-state index in [0.29, 0.717) is 12.8 Å². The van der Waals surface area contributed by atoms with Crippen molar-refractivity contribution in [3.63, 3.8) is 0 Å². The number of carbonyl (C=O) groups is 3. The second-order valence-electron chi connectivity index (χ2n) is 8.31. The van der Waals surface area contributed by atoms with Gasteiger partial charge in [0.05, 0.1) is 0 Å². The van der Waals surface area contributed by atoms with Gasteiger partial charge in [-0.05, 0) is 44.9 Å². The van der Waals surface area contributed by atoms with Gasteiger partial charge in [0.25, 0.3) is 0 Å². The van der Waals surface area contributed by atoms with E-state index in [0.717, 1.165) is 19.3 Å². The molecule has 2 unspecified atom stereocenters. The molecule has 29 heavy (non-hydrogen) atoms. The predicted molar refractivity (Wildman–Crippen MR) is 107 cm³/mol. The van der Waals surface area contributed by atoms with Crippen LogP contribution in [0.2, 0.25) is 0 Å². The van der Waals surface area contributed by atoms with E-state index < -0.39 is 49.0 Å². The number of nitrogens with one attached hydrogen (secondary N) is 1. The third-order valence-electron chi connectivity index (χ3n) is 4.72. The van der Waals surface area contributed by atoms with Crippen molar-refractivity contribution in [2.45, 2.75) is 84.4 Å². The fourth-order valence-corrected chi connectivity index (χ4v) is 2.77. The summed E-state index contributed by atoms with van der Waals surface area (Å²) >= 11 is 0. The Kier molecular flexibility index (Phi) is 12.5. The first kappa shape index (κ1) is 27.1. The summed E-state index contributed by atoms with van der Waals surface area (Å²) in [4.78, 5) is 34.8. The predicted octanol–water partition coefficient (Wildman–Crippen LogP) is 3.03. The Bertz CT molecular complexity index is 527. The van der Waals surface area contributed by atoms with Crippen LogP contribution in [0.4, 0.5) is 9.18 Å². The molecule has 1 amide bonds. The summed E-state index contributed by atoms with van der Waals surface area (Å²) in [5.74, 6) is -1.89. The zero-order valence-corrected chi connectivity index (χ0v) is 18.2. The van der Waals surface area contributed by atoms with Gasteiger partial charge in [-0.1, -0.05) is 33.6 Å². The van der Waals surface area contributed by atoms with Crippen LogP contribution in [0.5, 0.6) is 0 Å². The summed E-state index contributed by atoms with van der Waals surface area (Å²) in [6.45, 7) is 7.90. The number of carboxylic acid groups (broad SMARTS) is 1. The monoisotopic (exact) mass is 420 g/mol. The highest BCUT2D eigenvalue weighted by molar-refractivity contribution is 5.80. The van der Waals surface area contributed by atoms with Gasteiger partial charge in [0.2, 0.25) is 0 Å². The van der Waals surface area contributed by atoms with Crippen molar-refractivity contribution in [3.05, 3.63) is 0 Å². The van der Waals surface area contributed by atoms with Crippen LogP contribution in [-0.2, 0) is 19.1 Å².